The molecule has 3 heterocycles. The van der Waals surface area contributed by atoms with Crippen LogP contribution in [0.1, 0.15) is 49.4 Å². The summed E-state index contributed by atoms with van der Waals surface area (Å²) < 4.78 is 2.07. The predicted molar refractivity (Wildman–Crippen MR) is 88.6 cm³/mol. The fraction of sp³-hybridized carbons (Fsp3) is 0.647. The molecule has 0 radical (unpaired) electrons. The van der Waals surface area contributed by atoms with E-state index in [1.165, 1.54) is 43.6 Å². The molecule has 5 nitrogen and oxygen atoms in total. The summed E-state index contributed by atoms with van der Waals surface area (Å²) in [5.41, 5.74) is 3.33. The van der Waals surface area contributed by atoms with Crippen LogP contribution in [0.2, 0.25) is 0 Å². The van der Waals surface area contributed by atoms with Gasteiger partial charge in [-0.1, -0.05) is 19.3 Å². The van der Waals surface area contributed by atoms with Crippen LogP contribution in [0, 0.1) is 6.92 Å². The molecular formula is C17H25N5. The molecule has 1 saturated heterocycles. The van der Waals surface area contributed by atoms with Gasteiger partial charge in [-0.25, -0.2) is 4.98 Å². The Kier molecular flexibility index (Phi) is 3.74. The van der Waals surface area contributed by atoms with Crippen LogP contribution in [0.4, 0.5) is 5.82 Å². The minimum absolute atomic E-state index is 0.631. The third-order valence-electron chi connectivity index (χ3n) is 5.02. The maximum absolute atomic E-state index is 4.94. The Morgan fingerprint density at radius 1 is 1.09 bits per heavy atom. The van der Waals surface area contributed by atoms with Crippen molar-refractivity contribution in [3.05, 3.63) is 23.5 Å². The van der Waals surface area contributed by atoms with Gasteiger partial charge in [0.25, 0.3) is 0 Å². The smallest absolute Gasteiger partial charge is 0.157 e. The molecule has 1 aliphatic heterocycles. The largest absolute Gasteiger partial charge is 0.354 e. The Balaban J connectivity index is 1.73. The van der Waals surface area contributed by atoms with Crippen LogP contribution in [-0.2, 0) is 0 Å². The number of hydrogen-bond acceptors (Lipinski definition) is 4. The first-order valence-corrected chi connectivity index (χ1v) is 8.64. The number of hydrogen-bond donors (Lipinski definition) is 1. The molecule has 2 aromatic rings. The molecule has 22 heavy (non-hydrogen) atoms. The van der Waals surface area contributed by atoms with Gasteiger partial charge < -0.3 is 10.2 Å². The number of nitrogens with one attached hydrogen (secondary N) is 1. The lowest BCUT2D eigenvalue weighted by Crippen LogP contribution is -2.44. The van der Waals surface area contributed by atoms with Gasteiger partial charge in [0.1, 0.15) is 5.82 Å². The summed E-state index contributed by atoms with van der Waals surface area (Å²) in [6.07, 6.45) is 6.64. The Hall–Kier alpha value is -1.62. The summed E-state index contributed by atoms with van der Waals surface area (Å²) in [7, 11) is 0. The molecule has 0 atom stereocenters. The van der Waals surface area contributed by atoms with E-state index in [1.807, 2.05) is 0 Å². The zero-order chi connectivity index (χ0) is 14.9. The van der Waals surface area contributed by atoms with E-state index in [9.17, 15) is 0 Å². The van der Waals surface area contributed by atoms with E-state index in [0.29, 0.717) is 5.92 Å². The summed E-state index contributed by atoms with van der Waals surface area (Å²) >= 11 is 0. The molecule has 1 saturated carbocycles. The second kappa shape index (κ2) is 5.88. The second-order valence-corrected chi connectivity index (χ2v) is 6.67. The quantitative estimate of drug-likeness (QED) is 0.925. The van der Waals surface area contributed by atoms with E-state index in [0.717, 1.165) is 37.5 Å². The van der Waals surface area contributed by atoms with E-state index in [-0.39, 0.29) is 0 Å². The minimum atomic E-state index is 0.631. The van der Waals surface area contributed by atoms with Gasteiger partial charge in [-0.3, -0.25) is 0 Å². The molecule has 2 fully saturated rings. The number of aromatic nitrogens is 3. The van der Waals surface area contributed by atoms with Gasteiger partial charge in [0, 0.05) is 49.9 Å². The molecule has 0 unspecified atom stereocenters. The van der Waals surface area contributed by atoms with Crippen molar-refractivity contribution in [2.24, 2.45) is 0 Å². The number of anilines is 1. The highest BCUT2D eigenvalue weighted by Gasteiger charge is 2.21. The van der Waals surface area contributed by atoms with Gasteiger partial charge in [-0.2, -0.15) is 9.61 Å². The van der Waals surface area contributed by atoms with Gasteiger partial charge >= 0.3 is 0 Å². The lowest BCUT2D eigenvalue weighted by atomic mass is 9.87. The first-order valence-electron chi connectivity index (χ1n) is 8.64. The van der Waals surface area contributed by atoms with Gasteiger partial charge in [-0.15, -0.1) is 0 Å². The SMILES string of the molecule is Cc1cc(N2CCNCC2)n2nc(C3CCCCC3)cc2n1. The molecule has 5 heteroatoms. The minimum Gasteiger partial charge on any atom is -0.354 e. The van der Waals surface area contributed by atoms with Crippen molar-refractivity contribution in [3.8, 4) is 0 Å². The highest BCUT2D eigenvalue weighted by atomic mass is 15.4. The average molecular weight is 299 g/mol. The predicted octanol–water partition coefficient (Wildman–Crippen LogP) is 2.50. The Morgan fingerprint density at radius 3 is 2.64 bits per heavy atom. The zero-order valence-corrected chi connectivity index (χ0v) is 13.4. The van der Waals surface area contributed by atoms with E-state index in [4.69, 9.17) is 10.1 Å². The van der Waals surface area contributed by atoms with Gasteiger partial charge in [0.05, 0.1) is 5.69 Å². The number of nitrogens with zero attached hydrogens (tertiary/aromatic N) is 4. The van der Waals surface area contributed by atoms with Crippen molar-refractivity contribution in [1.29, 1.82) is 0 Å². The Labute approximate surface area is 131 Å². The summed E-state index contributed by atoms with van der Waals surface area (Å²) in [6, 6.07) is 4.39. The molecule has 118 valence electrons. The lowest BCUT2D eigenvalue weighted by molar-refractivity contribution is 0.435. The lowest BCUT2D eigenvalue weighted by Gasteiger charge is -2.29. The van der Waals surface area contributed by atoms with Crippen LogP contribution < -0.4 is 10.2 Å². The highest BCUT2D eigenvalue weighted by molar-refractivity contribution is 5.52. The molecular weight excluding hydrogens is 274 g/mol. The number of piperazine rings is 1. The number of fused-ring (bicyclic) bond motifs is 1. The van der Waals surface area contributed by atoms with Crippen LogP contribution in [0.15, 0.2) is 12.1 Å². The molecule has 1 N–H and O–H groups in total. The van der Waals surface area contributed by atoms with Crippen LogP contribution in [0.25, 0.3) is 5.65 Å². The normalized spacial score (nSPS) is 20.7. The topological polar surface area (TPSA) is 45.5 Å². The maximum atomic E-state index is 4.94. The molecule has 0 aromatic carbocycles. The summed E-state index contributed by atoms with van der Waals surface area (Å²) in [5.74, 6) is 1.83. The Bertz CT molecular complexity index is 650. The second-order valence-electron chi connectivity index (χ2n) is 6.67. The van der Waals surface area contributed by atoms with E-state index >= 15 is 0 Å². The average Bonchev–Trinajstić information content (AvgIpc) is 2.99. The van der Waals surface area contributed by atoms with Gasteiger partial charge in [-0.05, 0) is 19.8 Å². The van der Waals surface area contributed by atoms with Crippen LogP contribution in [-0.4, -0.2) is 40.8 Å². The fourth-order valence-corrected chi connectivity index (χ4v) is 3.82. The van der Waals surface area contributed by atoms with Crippen molar-refractivity contribution < 1.29 is 0 Å². The molecule has 2 aliphatic rings. The maximum Gasteiger partial charge on any atom is 0.157 e. The van der Waals surface area contributed by atoms with E-state index < -0.39 is 0 Å². The van der Waals surface area contributed by atoms with Gasteiger partial charge in [0.15, 0.2) is 5.65 Å². The summed E-state index contributed by atoms with van der Waals surface area (Å²) in [4.78, 5) is 7.13. The van der Waals surface area contributed by atoms with Crippen LogP contribution in [0.3, 0.4) is 0 Å². The molecule has 1 aliphatic carbocycles. The summed E-state index contributed by atoms with van der Waals surface area (Å²) in [6.45, 7) is 6.24. The molecule has 0 bridgehead atoms. The van der Waals surface area contributed by atoms with Crippen molar-refractivity contribution in [3.63, 3.8) is 0 Å². The monoisotopic (exact) mass is 299 g/mol. The molecule has 4 rings (SSSR count). The van der Waals surface area contributed by atoms with E-state index in [1.54, 1.807) is 0 Å². The standard InChI is InChI=1S/C17H25N5/c1-13-11-17(21-9-7-18-8-10-21)22-16(19-13)12-15(20-22)14-5-3-2-4-6-14/h11-12,14,18H,2-10H2,1H3. The van der Waals surface area contributed by atoms with Crippen molar-refractivity contribution in [1.82, 2.24) is 19.9 Å². The number of rotatable bonds is 2. The van der Waals surface area contributed by atoms with E-state index in [2.05, 4.69) is 33.8 Å². The van der Waals surface area contributed by atoms with Crippen molar-refractivity contribution in [2.45, 2.75) is 44.9 Å². The molecule has 2 aromatic heterocycles. The molecule has 0 spiro atoms. The van der Waals surface area contributed by atoms with Crippen molar-refractivity contribution >= 4 is 11.5 Å². The van der Waals surface area contributed by atoms with Crippen molar-refractivity contribution in [2.75, 3.05) is 31.1 Å². The summed E-state index contributed by atoms with van der Waals surface area (Å²) in [5, 5.41) is 8.36. The Morgan fingerprint density at radius 2 is 1.86 bits per heavy atom. The highest BCUT2D eigenvalue weighted by Crippen LogP contribution is 2.32. The van der Waals surface area contributed by atoms with Crippen LogP contribution >= 0.6 is 0 Å². The van der Waals surface area contributed by atoms with Crippen LogP contribution in [0.5, 0.6) is 0 Å². The third kappa shape index (κ3) is 2.58. The van der Waals surface area contributed by atoms with Gasteiger partial charge in [0.2, 0.25) is 0 Å². The number of aryl methyl sites for hydroxylation is 1. The fourth-order valence-electron chi connectivity index (χ4n) is 3.82. The third-order valence-corrected chi connectivity index (χ3v) is 5.02. The first kappa shape index (κ1) is 14.0. The zero-order valence-electron chi connectivity index (χ0n) is 13.4. The molecule has 0 amide bonds. The first-order chi connectivity index (χ1) is 10.8.